The van der Waals surface area contributed by atoms with Gasteiger partial charge in [0.05, 0.1) is 6.54 Å². The van der Waals surface area contributed by atoms with Crippen LogP contribution in [0, 0.1) is 5.92 Å². The average molecular weight is 300 g/mol. The first kappa shape index (κ1) is 13.1. The first-order valence-electron chi connectivity index (χ1n) is 7.08. The summed E-state index contributed by atoms with van der Waals surface area (Å²) in [5.41, 5.74) is -0.416. The van der Waals surface area contributed by atoms with Gasteiger partial charge in [-0.15, -0.1) is 0 Å². The minimum Gasteiger partial charge on any atom is -0.324 e. The highest BCUT2D eigenvalue weighted by molar-refractivity contribution is 5.41. The van der Waals surface area contributed by atoms with Crippen LogP contribution in [0.15, 0.2) is 17.1 Å². The van der Waals surface area contributed by atoms with Gasteiger partial charge in [0, 0.05) is 31.4 Å². The number of hydrogen-bond donors (Lipinski definition) is 0. The number of nitrogens with zero attached hydrogens (tertiary/aromatic N) is 4. The summed E-state index contributed by atoms with van der Waals surface area (Å²) < 4.78 is 41.4. The molecule has 0 spiro atoms. The van der Waals surface area contributed by atoms with Gasteiger partial charge in [-0.05, 0) is 18.9 Å². The lowest BCUT2D eigenvalue weighted by atomic mass is 9.97. The molecule has 4 atom stereocenters. The molecule has 0 saturated carbocycles. The summed E-state index contributed by atoms with van der Waals surface area (Å²) in [5.74, 6) is 0.405. The van der Waals surface area contributed by atoms with E-state index in [-0.39, 0.29) is 24.5 Å². The molecule has 3 aliphatic rings. The Morgan fingerprint density at radius 1 is 1.24 bits per heavy atom. The molecule has 0 aromatic carbocycles. The Morgan fingerprint density at radius 3 is 2.67 bits per heavy atom. The van der Waals surface area contributed by atoms with Crippen LogP contribution in [0.3, 0.4) is 0 Å². The van der Waals surface area contributed by atoms with Crippen LogP contribution in [-0.4, -0.2) is 52.3 Å². The molecule has 4 unspecified atom stereocenters. The Hall–Kier alpha value is -1.57. The molecule has 1 aromatic heterocycles. The second kappa shape index (κ2) is 4.22. The summed E-state index contributed by atoms with van der Waals surface area (Å²) in [4.78, 5) is 19.4. The van der Waals surface area contributed by atoms with E-state index in [9.17, 15) is 18.0 Å². The monoisotopic (exact) mass is 300 g/mol. The number of piperidine rings is 1. The Morgan fingerprint density at radius 2 is 2.05 bits per heavy atom. The van der Waals surface area contributed by atoms with E-state index in [4.69, 9.17) is 0 Å². The van der Waals surface area contributed by atoms with Crippen molar-refractivity contribution < 1.29 is 13.2 Å². The second-order valence-electron chi connectivity index (χ2n) is 6.03. The molecule has 2 saturated heterocycles. The number of aromatic nitrogens is 2. The van der Waals surface area contributed by atoms with Crippen molar-refractivity contribution in [3.63, 3.8) is 0 Å². The number of rotatable bonds is 1. The second-order valence-corrected chi connectivity index (χ2v) is 6.03. The summed E-state index contributed by atoms with van der Waals surface area (Å²) in [5, 5.41) is 0. The molecule has 0 radical (unpaired) electrons. The Labute approximate surface area is 119 Å². The molecule has 2 bridgehead atoms. The minimum absolute atomic E-state index is 0.170. The molecule has 0 amide bonds. The van der Waals surface area contributed by atoms with Crippen LogP contribution in [0.1, 0.15) is 6.42 Å². The number of halogens is 3. The maximum atomic E-state index is 13.4. The SMILES string of the molecule is O=c1ccnc2n1CC(C(F)(F)F)N2C1CN2CCC1C2. The molecule has 5 nitrogen and oxygen atoms in total. The van der Waals surface area contributed by atoms with Crippen LogP contribution >= 0.6 is 0 Å². The minimum atomic E-state index is -4.36. The van der Waals surface area contributed by atoms with Gasteiger partial charge in [-0.1, -0.05) is 0 Å². The molecule has 0 N–H and O–H groups in total. The van der Waals surface area contributed by atoms with E-state index in [0.717, 1.165) is 24.1 Å². The van der Waals surface area contributed by atoms with E-state index in [1.807, 2.05) is 0 Å². The van der Waals surface area contributed by atoms with Crippen LogP contribution in [0.25, 0.3) is 0 Å². The van der Waals surface area contributed by atoms with E-state index in [1.165, 1.54) is 17.2 Å². The summed E-state index contributed by atoms with van der Waals surface area (Å²) >= 11 is 0. The van der Waals surface area contributed by atoms with E-state index < -0.39 is 17.8 Å². The van der Waals surface area contributed by atoms with Gasteiger partial charge in [0.1, 0.15) is 6.04 Å². The van der Waals surface area contributed by atoms with Crippen molar-refractivity contribution in [2.45, 2.75) is 31.2 Å². The van der Waals surface area contributed by atoms with Crippen LogP contribution in [0.4, 0.5) is 19.1 Å². The van der Waals surface area contributed by atoms with Gasteiger partial charge in [0.2, 0.25) is 5.95 Å². The molecule has 4 rings (SSSR count). The standard InChI is InChI=1S/C13H15F3N4O/c14-13(15,16)10-7-19-11(21)1-3-17-12(19)20(10)9-6-18-4-2-8(9)5-18/h1,3,8-10H,2,4-7H2. The van der Waals surface area contributed by atoms with Crippen LogP contribution in [-0.2, 0) is 6.54 Å². The molecule has 1 aromatic rings. The van der Waals surface area contributed by atoms with Crippen molar-refractivity contribution in [1.82, 2.24) is 14.5 Å². The summed E-state index contributed by atoms with van der Waals surface area (Å²) in [7, 11) is 0. The fourth-order valence-corrected chi connectivity index (χ4v) is 3.92. The molecular formula is C13H15F3N4O. The van der Waals surface area contributed by atoms with E-state index in [1.54, 1.807) is 0 Å². The topological polar surface area (TPSA) is 41.4 Å². The smallest absolute Gasteiger partial charge is 0.324 e. The van der Waals surface area contributed by atoms with Gasteiger partial charge in [-0.2, -0.15) is 13.2 Å². The lowest BCUT2D eigenvalue weighted by molar-refractivity contribution is -0.150. The fraction of sp³-hybridized carbons (Fsp3) is 0.692. The van der Waals surface area contributed by atoms with Crippen molar-refractivity contribution >= 4 is 5.95 Å². The van der Waals surface area contributed by atoms with Gasteiger partial charge in [0.25, 0.3) is 5.56 Å². The van der Waals surface area contributed by atoms with Gasteiger partial charge in [-0.3, -0.25) is 9.36 Å². The summed E-state index contributed by atoms with van der Waals surface area (Å²) in [6.45, 7) is 2.08. The fourth-order valence-electron chi connectivity index (χ4n) is 3.92. The maximum absolute atomic E-state index is 13.4. The molecule has 0 aliphatic carbocycles. The van der Waals surface area contributed by atoms with E-state index in [0.29, 0.717) is 6.54 Å². The van der Waals surface area contributed by atoms with Gasteiger partial charge < -0.3 is 9.80 Å². The third-order valence-electron chi connectivity index (χ3n) is 4.87. The summed E-state index contributed by atoms with van der Waals surface area (Å²) in [6.07, 6.45) is -2.15. The number of hydrogen-bond acceptors (Lipinski definition) is 4. The third-order valence-corrected chi connectivity index (χ3v) is 4.87. The maximum Gasteiger partial charge on any atom is 0.410 e. The molecular weight excluding hydrogens is 285 g/mol. The van der Waals surface area contributed by atoms with Gasteiger partial charge in [0.15, 0.2) is 0 Å². The quantitative estimate of drug-likeness (QED) is 0.765. The highest BCUT2D eigenvalue weighted by Gasteiger charge is 2.54. The number of anilines is 1. The zero-order chi connectivity index (χ0) is 14.8. The Balaban J connectivity index is 1.78. The van der Waals surface area contributed by atoms with Crippen molar-refractivity contribution in [2.75, 3.05) is 24.5 Å². The zero-order valence-electron chi connectivity index (χ0n) is 11.3. The average Bonchev–Trinajstić information content (AvgIpc) is 3.10. The van der Waals surface area contributed by atoms with Crippen LogP contribution < -0.4 is 10.5 Å². The molecule has 21 heavy (non-hydrogen) atoms. The van der Waals surface area contributed by atoms with Crippen molar-refractivity contribution in [3.8, 4) is 0 Å². The van der Waals surface area contributed by atoms with E-state index in [2.05, 4.69) is 9.88 Å². The zero-order valence-corrected chi connectivity index (χ0v) is 11.3. The Bertz CT molecular complexity index is 629. The normalized spacial score (nSPS) is 34.5. The summed E-state index contributed by atoms with van der Waals surface area (Å²) in [6, 6.07) is -0.635. The molecule has 4 heterocycles. The van der Waals surface area contributed by atoms with Crippen molar-refractivity contribution in [3.05, 3.63) is 22.6 Å². The molecule has 3 aliphatic heterocycles. The lowest BCUT2D eigenvalue weighted by Crippen LogP contribution is -2.53. The highest BCUT2D eigenvalue weighted by Crippen LogP contribution is 2.40. The lowest BCUT2D eigenvalue weighted by Gasteiger charge is -2.36. The molecule has 114 valence electrons. The van der Waals surface area contributed by atoms with Gasteiger partial charge in [-0.25, -0.2) is 4.98 Å². The van der Waals surface area contributed by atoms with Crippen molar-refractivity contribution in [2.24, 2.45) is 5.92 Å². The van der Waals surface area contributed by atoms with Crippen molar-refractivity contribution in [1.29, 1.82) is 0 Å². The largest absolute Gasteiger partial charge is 0.410 e. The predicted octanol–water partition coefficient (Wildman–Crippen LogP) is 0.698. The van der Waals surface area contributed by atoms with Gasteiger partial charge >= 0.3 is 6.18 Å². The van der Waals surface area contributed by atoms with Crippen LogP contribution in [0.2, 0.25) is 0 Å². The molecule has 8 heteroatoms. The number of fused-ring (bicyclic) bond motifs is 3. The third kappa shape index (κ3) is 1.88. The van der Waals surface area contributed by atoms with E-state index >= 15 is 0 Å². The molecule has 2 fully saturated rings. The highest BCUT2D eigenvalue weighted by atomic mass is 19.4. The number of alkyl halides is 3. The van der Waals surface area contributed by atoms with Crippen LogP contribution in [0.5, 0.6) is 0 Å². The predicted molar refractivity (Wildman–Crippen MR) is 69.2 cm³/mol. The first-order valence-corrected chi connectivity index (χ1v) is 7.08. The Kier molecular flexibility index (Phi) is 2.64. The first-order chi connectivity index (χ1) is 9.95.